The number of benzene rings is 1. The molecule has 2 atom stereocenters. The lowest BCUT2D eigenvalue weighted by Gasteiger charge is -2.43. The van der Waals surface area contributed by atoms with Gasteiger partial charge >= 0.3 is 0 Å². The van der Waals surface area contributed by atoms with Crippen LogP contribution in [0.5, 0.6) is 11.5 Å². The molecule has 28 heavy (non-hydrogen) atoms. The standard InChI is InChI=1S/C22H29N3O3/c1-4-12-28-20-16(6-5-7-19(20)27-3)15-25-17-8-9-18(25)14-22(26,13-17)21-23-10-11-24(21)2/h4-7,10-11,17-18,26H,1,8-9,12-15H2,2-3H3. The predicted molar refractivity (Wildman–Crippen MR) is 107 cm³/mol. The van der Waals surface area contributed by atoms with Crippen molar-refractivity contribution in [3.05, 3.63) is 54.6 Å². The number of aliphatic hydroxyl groups is 1. The summed E-state index contributed by atoms with van der Waals surface area (Å²) in [4.78, 5) is 6.96. The molecule has 4 rings (SSSR count). The topological polar surface area (TPSA) is 59.8 Å². The molecular formula is C22H29N3O3. The third kappa shape index (κ3) is 3.31. The molecule has 2 bridgehead atoms. The summed E-state index contributed by atoms with van der Waals surface area (Å²) >= 11 is 0. The number of hydrogen-bond acceptors (Lipinski definition) is 5. The Labute approximate surface area is 166 Å². The van der Waals surface area contributed by atoms with Crippen LogP contribution in [0.3, 0.4) is 0 Å². The maximum atomic E-state index is 11.4. The van der Waals surface area contributed by atoms with Crippen molar-refractivity contribution in [2.45, 2.75) is 49.9 Å². The SMILES string of the molecule is C=CCOc1c(CN2C3CCC2CC(O)(c2nccn2C)C3)cccc1OC. The van der Waals surface area contributed by atoms with E-state index in [4.69, 9.17) is 9.47 Å². The molecular weight excluding hydrogens is 354 g/mol. The number of aromatic nitrogens is 2. The highest BCUT2D eigenvalue weighted by atomic mass is 16.5. The Morgan fingerprint density at radius 3 is 2.68 bits per heavy atom. The molecule has 2 aliphatic heterocycles. The Bertz CT molecular complexity index is 833. The van der Waals surface area contributed by atoms with Crippen LogP contribution in [-0.4, -0.2) is 45.4 Å². The Kier molecular flexibility index (Phi) is 5.17. The first-order valence-corrected chi connectivity index (χ1v) is 9.91. The van der Waals surface area contributed by atoms with Gasteiger partial charge in [-0.3, -0.25) is 4.90 Å². The number of ether oxygens (including phenoxy) is 2. The summed E-state index contributed by atoms with van der Waals surface area (Å²) in [5, 5.41) is 11.4. The van der Waals surface area contributed by atoms with Crippen LogP contribution in [0, 0.1) is 0 Å². The number of piperidine rings is 1. The average Bonchev–Trinajstić information content (AvgIpc) is 3.22. The fourth-order valence-electron chi connectivity index (χ4n) is 4.92. The molecule has 6 nitrogen and oxygen atoms in total. The van der Waals surface area contributed by atoms with Crippen molar-refractivity contribution in [1.82, 2.24) is 14.5 Å². The molecule has 0 amide bonds. The normalized spacial score (nSPS) is 27.0. The molecule has 2 fully saturated rings. The van der Waals surface area contributed by atoms with Crippen LogP contribution in [0.15, 0.2) is 43.2 Å². The van der Waals surface area contributed by atoms with Crippen molar-refractivity contribution < 1.29 is 14.6 Å². The largest absolute Gasteiger partial charge is 0.493 e. The van der Waals surface area contributed by atoms with Gasteiger partial charge in [-0.15, -0.1) is 0 Å². The molecule has 1 N–H and O–H groups in total. The molecule has 6 heteroatoms. The Morgan fingerprint density at radius 2 is 2.07 bits per heavy atom. The Morgan fingerprint density at radius 1 is 1.32 bits per heavy atom. The van der Waals surface area contributed by atoms with E-state index in [0.717, 1.165) is 42.3 Å². The van der Waals surface area contributed by atoms with E-state index in [1.807, 2.05) is 29.9 Å². The fourth-order valence-corrected chi connectivity index (χ4v) is 4.92. The molecule has 0 spiro atoms. The average molecular weight is 383 g/mol. The predicted octanol–water partition coefficient (Wildman–Crippen LogP) is 3.01. The summed E-state index contributed by atoms with van der Waals surface area (Å²) in [6.45, 7) is 4.98. The van der Waals surface area contributed by atoms with Gasteiger partial charge < -0.3 is 19.1 Å². The number of nitrogens with zero attached hydrogens (tertiary/aromatic N) is 3. The van der Waals surface area contributed by atoms with Gasteiger partial charge in [-0.1, -0.05) is 24.8 Å². The van der Waals surface area contributed by atoms with Gasteiger partial charge in [0.1, 0.15) is 18.0 Å². The van der Waals surface area contributed by atoms with Crippen molar-refractivity contribution in [3.8, 4) is 11.5 Å². The third-order valence-electron chi connectivity index (χ3n) is 6.13. The number of methoxy groups -OCH3 is 1. The summed E-state index contributed by atoms with van der Waals surface area (Å²) < 4.78 is 13.4. The molecule has 0 saturated carbocycles. The number of rotatable bonds is 7. The smallest absolute Gasteiger partial charge is 0.166 e. The van der Waals surface area contributed by atoms with Gasteiger partial charge in [0.15, 0.2) is 11.5 Å². The van der Waals surface area contributed by atoms with Gasteiger partial charge in [-0.25, -0.2) is 4.98 Å². The van der Waals surface area contributed by atoms with Crippen LogP contribution in [0.4, 0.5) is 0 Å². The van der Waals surface area contributed by atoms with Gasteiger partial charge in [0.25, 0.3) is 0 Å². The first-order chi connectivity index (χ1) is 13.6. The molecule has 2 aromatic rings. The van der Waals surface area contributed by atoms with Gasteiger partial charge in [-0.2, -0.15) is 0 Å². The zero-order chi connectivity index (χ0) is 19.7. The third-order valence-corrected chi connectivity index (χ3v) is 6.13. The molecule has 2 unspecified atom stereocenters. The summed E-state index contributed by atoms with van der Waals surface area (Å²) in [5.41, 5.74) is 0.262. The van der Waals surface area contributed by atoms with E-state index >= 15 is 0 Å². The van der Waals surface area contributed by atoms with Crippen LogP contribution in [0.2, 0.25) is 0 Å². The van der Waals surface area contributed by atoms with Crippen molar-refractivity contribution in [2.24, 2.45) is 7.05 Å². The fraction of sp³-hybridized carbons (Fsp3) is 0.500. The van der Waals surface area contributed by atoms with E-state index in [9.17, 15) is 5.11 Å². The summed E-state index contributed by atoms with van der Waals surface area (Å²) in [5.74, 6) is 2.31. The minimum absolute atomic E-state index is 0.332. The lowest BCUT2D eigenvalue weighted by atomic mass is 9.85. The molecule has 150 valence electrons. The van der Waals surface area contributed by atoms with Crippen LogP contribution in [0.1, 0.15) is 37.1 Å². The van der Waals surface area contributed by atoms with Gasteiger partial charge in [0.2, 0.25) is 0 Å². The van der Waals surface area contributed by atoms with Crippen molar-refractivity contribution in [1.29, 1.82) is 0 Å². The van der Waals surface area contributed by atoms with Gasteiger partial charge in [0.05, 0.1) is 7.11 Å². The van der Waals surface area contributed by atoms with E-state index in [0.29, 0.717) is 31.5 Å². The minimum Gasteiger partial charge on any atom is -0.493 e. The van der Waals surface area contributed by atoms with Crippen LogP contribution in [-0.2, 0) is 19.2 Å². The second-order valence-corrected chi connectivity index (χ2v) is 7.91. The quantitative estimate of drug-likeness (QED) is 0.745. The first kappa shape index (κ1) is 19.0. The summed E-state index contributed by atoms with van der Waals surface area (Å²) in [7, 11) is 3.62. The van der Waals surface area contributed by atoms with Crippen LogP contribution < -0.4 is 9.47 Å². The highest BCUT2D eigenvalue weighted by Gasteiger charge is 2.49. The van der Waals surface area contributed by atoms with E-state index < -0.39 is 5.60 Å². The van der Waals surface area contributed by atoms with Crippen molar-refractivity contribution in [2.75, 3.05) is 13.7 Å². The maximum absolute atomic E-state index is 11.4. The molecule has 2 saturated heterocycles. The zero-order valence-corrected chi connectivity index (χ0v) is 16.7. The Balaban J connectivity index is 1.57. The van der Waals surface area contributed by atoms with Gasteiger partial charge in [-0.05, 0) is 31.7 Å². The van der Waals surface area contributed by atoms with E-state index in [2.05, 4.69) is 22.5 Å². The highest BCUT2D eigenvalue weighted by Crippen LogP contribution is 2.46. The monoisotopic (exact) mass is 383 g/mol. The van der Waals surface area contributed by atoms with Crippen LogP contribution in [0.25, 0.3) is 0 Å². The van der Waals surface area contributed by atoms with Crippen LogP contribution >= 0.6 is 0 Å². The lowest BCUT2D eigenvalue weighted by molar-refractivity contribution is -0.0670. The molecule has 0 aliphatic carbocycles. The van der Waals surface area contributed by atoms with E-state index in [1.165, 1.54) is 0 Å². The number of imidazole rings is 1. The first-order valence-electron chi connectivity index (χ1n) is 9.91. The lowest BCUT2D eigenvalue weighted by Crippen LogP contribution is -2.50. The maximum Gasteiger partial charge on any atom is 0.166 e. The number of aryl methyl sites for hydroxylation is 1. The molecule has 1 aromatic carbocycles. The summed E-state index contributed by atoms with van der Waals surface area (Å²) in [6, 6.07) is 6.69. The molecule has 0 radical (unpaired) electrons. The number of fused-ring (bicyclic) bond motifs is 2. The Hall–Kier alpha value is -2.31. The number of hydrogen-bond donors (Lipinski definition) is 1. The molecule has 1 aromatic heterocycles. The minimum atomic E-state index is -0.850. The zero-order valence-electron chi connectivity index (χ0n) is 16.7. The second kappa shape index (κ2) is 7.60. The number of para-hydroxylation sites is 1. The van der Waals surface area contributed by atoms with Crippen molar-refractivity contribution >= 4 is 0 Å². The van der Waals surface area contributed by atoms with E-state index in [-0.39, 0.29) is 0 Å². The second-order valence-electron chi connectivity index (χ2n) is 7.91. The molecule has 2 aliphatic rings. The van der Waals surface area contributed by atoms with E-state index in [1.54, 1.807) is 19.4 Å². The summed E-state index contributed by atoms with van der Waals surface area (Å²) in [6.07, 6.45) is 9.03. The highest BCUT2D eigenvalue weighted by molar-refractivity contribution is 5.47. The van der Waals surface area contributed by atoms with Gasteiger partial charge in [0, 0.05) is 43.6 Å². The van der Waals surface area contributed by atoms with Crippen molar-refractivity contribution in [3.63, 3.8) is 0 Å². The molecule has 3 heterocycles.